The van der Waals surface area contributed by atoms with Crippen LogP contribution in [0.5, 0.6) is 0 Å². The molecular weight excluding hydrogens is 200 g/mol. The van der Waals surface area contributed by atoms with Crippen molar-refractivity contribution in [3.63, 3.8) is 0 Å². The third kappa shape index (κ3) is 2.25. The molecule has 2 rings (SSSR count). The minimum absolute atomic E-state index is 0.184. The molecule has 1 amide bonds. The molecule has 0 aliphatic carbocycles. The van der Waals surface area contributed by atoms with E-state index in [9.17, 15) is 4.79 Å². The molecule has 86 valence electrons. The highest BCUT2D eigenvalue weighted by atomic mass is 16.2. The molecule has 1 aliphatic heterocycles. The Morgan fingerprint density at radius 1 is 1.38 bits per heavy atom. The van der Waals surface area contributed by atoms with Crippen LogP contribution < -0.4 is 5.32 Å². The topological polar surface area (TPSA) is 32.3 Å². The van der Waals surface area contributed by atoms with E-state index in [1.807, 2.05) is 30.1 Å². The van der Waals surface area contributed by atoms with Crippen LogP contribution in [0.15, 0.2) is 24.3 Å². The molecule has 3 nitrogen and oxygen atoms in total. The van der Waals surface area contributed by atoms with Crippen molar-refractivity contribution in [1.29, 1.82) is 0 Å². The van der Waals surface area contributed by atoms with Gasteiger partial charge < -0.3 is 10.2 Å². The predicted molar refractivity (Wildman–Crippen MR) is 64.6 cm³/mol. The van der Waals surface area contributed by atoms with Crippen molar-refractivity contribution in [3.05, 3.63) is 35.4 Å². The largest absolute Gasteiger partial charge is 0.337 e. The first-order valence-corrected chi connectivity index (χ1v) is 5.84. The summed E-state index contributed by atoms with van der Waals surface area (Å²) >= 11 is 0. The van der Waals surface area contributed by atoms with E-state index in [0.29, 0.717) is 0 Å². The summed E-state index contributed by atoms with van der Waals surface area (Å²) in [7, 11) is 1.91. The van der Waals surface area contributed by atoms with Gasteiger partial charge in [-0.2, -0.15) is 0 Å². The molecule has 0 aromatic heterocycles. The second-order valence-electron chi connectivity index (χ2n) is 4.16. The van der Waals surface area contributed by atoms with Crippen molar-refractivity contribution in [2.45, 2.75) is 12.8 Å². The summed E-state index contributed by atoms with van der Waals surface area (Å²) in [5.74, 6) is 0.184. The van der Waals surface area contributed by atoms with Gasteiger partial charge in [0, 0.05) is 25.2 Å². The maximum atomic E-state index is 12.2. The van der Waals surface area contributed by atoms with Crippen LogP contribution in [0.3, 0.4) is 0 Å². The molecule has 0 bridgehead atoms. The Kier molecular flexibility index (Phi) is 3.57. The zero-order valence-corrected chi connectivity index (χ0v) is 9.70. The lowest BCUT2D eigenvalue weighted by atomic mass is 10.0. The molecule has 0 atom stereocenters. The Labute approximate surface area is 96.5 Å². The molecule has 0 saturated carbocycles. The molecule has 1 aromatic carbocycles. The number of carbonyl (C=O) groups is 1. The quantitative estimate of drug-likeness (QED) is 0.829. The number of hydrogen-bond acceptors (Lipinski definition) is 2. The van der Waals surface area contributed by atoms with Gasteiger partial charge in [0.25, 0.3) is 5.91 Å². The summed E-state index contributed by atoms with van der Waals surface area (Å²) < 4.78 is 0. The van der Waals surface area contributed by atoms with Gasteiger partial charge in [0.2, 0.25) is 0 Å². The SMILES string of the molecule is CNCCN1CCCc2ccccc2C1=O. The van der Waals surface area contributed by atoms with E-state index < -0.39 is 0 Å². The van der Waals surface area contributed by atoms with Gasteiger partial charge in [0.1, 0.15) is 0 Å². The van der Waals surface area contributed by atoms with Crippen LogP contribution in [0.1, 0.15) is 22.3 Å². The van der Waals surface area contributed by atoms with E-state index in [4.69, 9.17) is 0 Å². The van der Waals surface area contributed by atoms with Gasteiger partial charge in [0.15, 0.2) is 0 Å². The maximum absolute atomic E-state index is 12.2. The number of nitrogens with zero attached hydrogens (tertiary/aromatic N) is 1. The summed E-state index contributed by atoms with van der Waals surface area (Å²) in [6.45, 7) is 2.52. The van der Waals surface area contributed by atoms with E-state index >= 15 is 0 Å². The van der Waals surface area contributed by atoms with Crippen molar-refractivity contribution in [1.82, 2.24) is 10.2 Å². The lowest BCUT2D eigenvalue weighted by Gasteiger charge is -2.20. The summed E-state index contributed by atoms with van der Waals surface area (Å²) in [5, 5.41) is 3.09. The van der Waals surface area contributed by atoms with Crippen LogP contribution in [0.2, 0.25) is 0 Å². The zero-order chi connectivity index (χ0) is 11.4. The van der Waals surface area contributed by atoms with Crippen LogP contribution in [-0.4, -0.2) is 37.5 Å². The molecule has 1 heterocycles. The molecule has 1 N–H and O–H groups in total. The van der Waals surface area contributed by atoms with E-state index in [1.54, 1.807) is 0 Å². The number of amides is 1. The Morgan fingerprint density at radius 3 is 3.00 bits per heavy atom. The third-order valence-electron chi connectivity index (χ3n) is 3.04. The number of rotatable bonds is 3. The number of hydrogen-bond donors (Lipinski definition) is 1. The number of nitrogens with one attached hydrogen (secondary N) is 1. The summed E-state index contributed by atoms with van der Waals surface area (Å²) in [6, 6.07) is 7.96. The highest BCUT2D eigenvalue weighted by Gasteiger charge is 2.20. The van der Waals surface area contributed by atoms with Gasteiger partial charge in [-0.1, -0.05) is 18.2 Å². The van der Waals surface area contributed by atoms with Gasteiger partial charge in [-0.3, -0.25) is 4.79 Å². The first-order valence-electron chi connectivity index (χ1n) is 5.84. The highest BCUT2D eigenvalue weighted by Crippen LogP contribution is 2.17. The zero-order valence-electron chi connectivity index (χ0n) is 9.70. The molecule has 1 aromatic rings. The average Bonchev–Trinajstić information content (AvgIpc) is 2.47. The fourth-order valence-electron chi connectivity index (χ4n) is 2.14. The van der Waals surface area contributed by atoms with Crippen molar-refractivity contribution in [2.75, 3.05) is 26.7 Å². The van der Waals surface area contributed by atoms with Crippen molar-refractivity contribution >= 4 is 5.91 Å². The number of benzene rings is 1. The number of aryl methyl sites for hydroxylation is 1. The Balaban J connectivity index is 2.20. The molecule has 0 spiro atoms. The van der Waals surface area contributed by atoms with Gasteiger partial charge >= 0.3 is 0 Å². The third-order valence-corrected chi connectivity index (χ3v) is 3.04. The van der Waals surface area contributed by atoms with E-state index in [1.165, 1.54) is 5.56 Å². The van der Waals surface area contributed by atoms with Crippen LogP contribution >= 0.6 is 0 Å². The minimum Gasteiger partial charge on any atom is -0.337 e. The second kappa shape index (κ2) is 5.12. The van der Waals surface area contributed by atoms with Crippen molar-refractivity contribution in [3.8, 4) is 0 Å². The molecule has 16 heavy (non-hydrogen) atoms. The molecule has 1 aliphatic rings. The fourth-order valence-corrected chi connectivity index (χ4v) is 2.14. The van der Waals surface area contributed by atoms with E-state index in [2.05, 4.69) is 11.4 Å². The first-order chi connectivity index (χ1) is 7.83. The number of likely N-dealkylation sites (N-methyl/N-ethyl adjacent to an activating group) is 1. The summed E-state index contributed by atoms with van der Waals surface area (Å²) in [5.41, 5.74) is 2.08. The normalized spacial score (nSPS) is 15.8. The Bertz CT molecular complexity index is 374. The summed E-state index contributed by atoms with van der Waals surface area (Å²) in [4.78, 5) is 14.2. The van der Waals surface area contributed by atoms with E-state index in [-0.39, 0.29) is 5.91 Å². The second-order valence-corrected chi connectivity index (χ2v) is 4.16. The van der Waals surface area contributed by atoms with Crippen LogP contribution in [0.4, 0.5) is 0 Å². The molecule has 0 unspecified atom stereocenters. The Morgan fingerprint density at radius 2 is 2.19 bits per heavy atom. The fraction of sp³-hybridized carbons (Fsp3) is 0.462. The molecule has 0 radical (unpaired) electrons. The molecular formula is C13H18N2O. The van der Waals surface area contributed by atoms with Gasteiger partial charge in [-0.05, 0) is 31.5 Å². The van der Waals surface area contributed by atoms with Gasteiger partial charge in [0.05, 0.1) is 0 Å². The minimum atomic E-state index is 0.184. The van der Waals surface area contributed by atoms with Crippen molar-refractivity contribution in [2.24, 2.45) is 0 Å². The maximum Gasteiger partial charge on any atom is 0.254 e. The lowest BCUT2D eigenvalue weighted by Crippen LogP contribution is -2.36. The van der Waals surface area contributed by atoms with E-state index in [0.717, 1.165) is 38.0 Å². The molecule has 0 saturated heterocycles. The van der Waals surface area contributed by atoms with Gasteiger partial charge in [-0.25, -0.2) is 0 Å². The standard InChI is InChI=1S/C13H18N2O/c1-14-8-10-15-9-4-6-11-5-2-3-7-12(11)13(15)16/h2-3,5,7,14H,4,6,8-10H2,1H3. The molecule has 3 heteroatoms. The molecule has 0 fully saturated rings. The predicted octanol–water partition coefficient (Wildman–Crippen LogP) is 1.29. The van der Waals surface area contributed by atoms with Crippen LogP contribution in [0, 0.1) is 0 Å². The number of fused-ring (bicyclic) bond motifs is 1. The monoisotopic (exact) mass is 218 g/mol. The van der Waals surface area contributed by atoms with Gasteiger partial charge in [-0.15, -0.1) is 0 Å². The average molecular weight is 218 g/mol. The highest BCUT2D eigenvalue weighted by molar-refractivity contribution is 5.96. The van der Waals surface area contributed by atoms with Crippen LogP contribution in [0.25, 0.3) is 0 Å². The number of carbonyl (C=O) groups excluding carboxylic acids is 1. The smallest absolute Gasteiger partial charge is 0.254 e. The Hall–Kier alpha value is -1.35. The lowest BCUT2D eigenvalue weighted by molar-refractivity contribution is 0.0763. The van der Waals surface area contributed by atoms with Crippen molar-refractivity contribution < 1.29 is 4.79 Å². The summed E-state index contributed by atoms with van der Waals surface area (Å²) in [6.07, 6.45) is 2.07. The first kappa shape index (κ1) is 11.1. The van der Waals surface area contributed by atoms with Crippen LogP contribution in [-0.2, 0) is 6.42 Å².